The predicted octanol–water partition coefficient (Wildman–Crippen LogP) is 3.06. The number of methoxy groups -OCH3 is 1. The highest BCUT2D eigenvalue weighted by atomic mass is 79.9. The lowest BCUT2D eigenvalue weighted by molar-refractivity contribution is 0.0729. The predicted molar refractivity (Wildman–Crippen MR) is 78.5 cm³/mol. The summed E-state index contributed by atoms with van der Waals surface area (Å²) in [7, 11) is 1.57. The molecule has 1 heterocycles. The van der Waals surface area contributed by atoms with Crippen molar-refractivity contribution < 1.29 is 13.5 Å². The SMILES string of the molecule is COc1cc(Br)ccc1[C@H](CC(F)F)N1CCNCC1. The number of halogens is 3. The minimum atomic E-state index is -2.33. The zero-order chi connectivity index (χ0) is 14.5. The van der Waals surface area contributed by atoms with Gasteiger partial charge in [0.1, 0.15) is 5.75 Å². The zero-order valence-corrected chi connectivity index (χ0v) is 13.0. The van der Waals surface area contributed by atoms with Gasteiger partial charge in [-0.05, 0) is 12.1 Å². The van der Waals surface area contributed by atoms with Crippen LogP contribution in [0, 0.1) is 0 Å². The first-order valence-electron chi connectivity index (χ1n) is 6.68. The Morgan fingerprint density at radius 2 is 2.05 bits per heavy atom. The third kappa shape index (κ3) is 3.90. The number of piperazine rings is 1. The molecule has 20 heavy (non-hydrogen) atoms. The van der Waals surface area contributed by atoms with Crippen molar-refractivity contribution in [1.29, 1.82) is 0 Å². The molecule has 6 heteroatoms. The van der Waals surface area contributed by atoms with E-state index in [1.807, 2.05) is 18.2 Å². The van der Waals surface area contributed by atoms with Gasteiger partial charge in [-0.1, -0.05) is 22.0 Å². The molecule has 1 atom stereocenters. The number of nitrogens with one attached hydrogen (secondary N) is 1. The second-order valence-electron chi connectivity index (χ2n) is 4.81. The highest BCUT2D eigenvalue weighted by Gasteiger charge is 2.27. The minimum Gasteiger partial charge on any atom is -0.496 e. The van der Waals surface area contributed by atoms with Crippen molar-refractivity contribution in [2.75, 3.05) is 33.3 Å². The Morgan fingerprint density at radius 3 is 2.65 bits per heavy atom. The largest absolute Gasteiger partial charge is 0.496 e. The maximum absolute atomic E-state index is 12.9. The smallest absolute Gasteiger partial charge is 0.240 e. The standard InChI is InChI=1S/C14H19BrF2N2O/c1-20-13-8-10(15)2-3-11(13)12(9-14(16)17)19-6-4-18-5-7-19/h2-3,8,12,14,18H,4-7,9H2,1H3/t12-/m0/s1. The molecule has 0 amide bonds. The molecule has 1 saturated heterocycles. The van der Waals surface area contributed by atoms with Crippen molar-refractivity contribution in [2.24, 2.45) is 0 Å². The molecule has 0 aromatic heterocycles. The first-order valence-corrected chi connectivity index (χ1v) is 7.47. The topological polar surface area (TPSA) is 24.5 Å². The Labute approximate surface area is 126 Å². The number of hydrogen-bond donors (Lipinski definition) is 1. The summed E-state index contributed by atoms with van der Waals surface area (Å²) in [5.74, 6) is 0.656. The van der Waals surface area contributed by atoms with Crippen LogP contribution >= 0.6 is 15.9 Å². The van der Waals surface area contributed by atoms with Crippen molar-refractivity contribution >= 4 is 15.9 Å². The Hall–Kier alpha value is -0.720. The van der Waals surface area contributed by atoms with E-state index in [4.69, 9.17) is 4.74 Å². The molecule has 0 aliphatic carbocycles. The van der Waals surface area contributed by atoms with Gasteiger partial charge in [-0.2, -0.15) is 0 Å². The van der Waals surface area contributed by atoms with E-state index in [1.54, 1.807) is 7.11 Å². The highest BCUT2D eigenvalue weighted by Crippen LogP contribution is 2.35. The molecule has 3 nitrogen and oxygen atoms in total. The first-order chi connectivity index (χ1) is 9.61. The van der Waals surface area contributed by atoms with Gasteiger partial charge >= 0.3 is 0 Å². The Kier molecular flexibility index (Phi) is 5.74. The molecule has 1 aromatic rings. The van der Waals surface area contributed by atoms with Gasteiger partial charge in [0.05, 0.1) is 7.11 Å². The fourth-order valence-electron chi connectivity index (χ4n) is 2.60. The summed E-state index contributed by atoms with van der Waals surface area (Å²) in [6, 6.07) is 5.27. The van der Waals surface area contributed by atoms with Gasteiger partial charge in [0.2, 0.25) is 6.43 Å². The molecular formula is C14H19BrF2N2O. The normalized spacial score (nSPS) is 18.2. The number of rotatable bonds is 5. The van der Waals surface area contributed by atoms with E-state index in [-0.39, 0.29) is 12.5 Å². The van der Waals surface area contributed by atoms with E-state index in [2.05, 4.69) is 26.1 Å². The number of ether oxygens (including phenoxy) is 1. The molecule has 112 valence electrons. The van der Waals surface area contributed by atoms with Crippen LogP contribution in [0.5, 0.6) is 5.75 Å². The van der Waals surface area contributed by atoms with Gasteiger partial charge in [0, 0.05) is 48.7 Å². The quantitative estimate of drug-likeness (QED) is 0.884. The van der Waals surface area contributed by atoms with Crippen LogP contribution in [-0.4, -0.2) is 44.6 Å². The third-order valence-corrected chi connectivity index (χ3v) is 4.04. The lowest BCUT2D eigenvalue weighted by Crippen LogP contribution is -2.45. The molecule has 1 fully saturated rings. The van der Waals surface area contributed by atoms with Crippen LogP contribution in [0.2, 0.25) is 0 Å². The summed E-state index contributed by atoms with van der Waals surface area (Å²) in [6.45, 7) is 3.21. The molecule has 0 radical (unpaired) electrons. The van der Waals surface area contributed by atoms with Crippen LogP contribution in [0.1, 0.15) is 18.0 Å². The van der Waals surface area contributed by atoms with Crippen molar-refractivity contribution in [3.05, 3.63) is 28.2 Å². The average molecular weight is 349 g/mol. The summed E-state index contributed by atoms with van der Waals surface area (Å²) in [6.07, 6.45) is -2.50. The van der Waals surface area contributed by atoms with E-state index < -0.39 is 6.43 Å². The van der Waals surface area contributed by atoms with Gasteiger partial charge < -0.3 is 10.1 Å². The second kappa shape index (κ2) is 7.33. The van der Waals surface area contributed by atoms with Crippen LogP contribution in [0.4, 0.5) is 8.78 Å². The van der Waals surface area contributed by atoms with Gasteiger partial charge in [-0.25, -0.2) is 8.78 Å². The molecule has 0 unspecified atom stereocenters. The van der Waals surface area contributed by atoms with Crippen molar-refractivity contribution in [2.45, 2.75) is 18.9 Å². The summed E-state index contributed by atoms with van der Waals surface area (Å²) in [5, 5.41) is 3.24. The maximum atomic E-state index is 12.9. The molecule has 1 N–H and O–H groups in total. The van der Waals surface area contributed by atoms with Crippen LogP contribution in [0.25, 0.3) is 0 Å². The molecule has 2 rings (SSSR count). The second-order valence-corrected chi connectivity index (χ2v) is 5.73. The van der Waals surface area contributed by atoms with E-state index >= 15 is 0 Å². The number of alkyl halides is 2. The van der Waals surface area contributed by atoms with Gasteiger partial charge in [-0.3, -0.25) is 4.90 Å². The number of benzene rings is 1. The van der Waals surface area contributed by atoms with E-state index in [1.165, 1.54) is 0 Å². The molecule has 0 bridgehead atoms. The van der Waals surface area contributed by atoms with Crippen LogP contribution in [0.15, 0.2) is 22.7 Å². The summed E-state index contributed by atoms with van der Waals surface area (Å²) in [4.78, 5) is 2.11. The third-order valence-electron chi connectivity index (χ3n) is 3.55. The minimum absolute atomic E-state index is 0.169. The fraction of sp³-hybridized carbons (Fsp3) is 0.571. The Balaban J connectivity index is 2.29. The van der Waals surface area contributed by atoms with E-state index in [0.717, 1.165) is 36.2 Å². The average Bonchev–Trinajstić information content (AvgIpc) is 2.45. The molecule has 1 aliphatic rings. The summed E-state index contributed by atoms with van der Waals surface area (Å²) < 4.78 is 32.1. The van der Waals surface area contributed by atoms with Crippen molar-refractivity contribution in [1.82, 2.24) is 10.2 Å². The van der Waals surface area contributed by atoms with E-state index in [9.17, 15) is 8.78 Å². The fourth-order valence-corrected chi connectivity index (χ4v) is 2.94. The summed E-state index contributed by atoms with van der Waals surface area (Å²) in [5.41, 5.74) is 0.831. The highest BCUT2D eigenvalue weighted by molar-refractivity contribution is 9.10. The lowest BCUT2D eigenvalue weighted by Gasteiger charge is -2.35. The molecule has 0 spiro atoms. The monoisotopic (exact) mass is 348 g/mol. The molecule has 1 aliphatic heterocycles. The molecule has 1 aromatic carbocycles. The maximum Gasteiger partial charge on any atom is 0.240 e. The van der Waals surface area contributed by atoms with Crippen LogP contribution in [0.3, 0.4) is 0 Å². The van der Waals surface area contributed by atoms with Crippen LogP contribution < -0.4 is 10.1 Å². The van der Waals surface area contributed by atoms with Crippen LogP contribution in [-0.2, 0) is 0 Å². The van der Waals surface area contributed by atoms with Gasteiger partial charge in [0.15, 0.2) is 0 Å². The molecule has 0 saturated carbocycles. The van der Waals surface area contributed by atoms with Gasteiger partial charge in [-0.15, -0.1) is 0 Å². The molecular weight excluding hydrogens is 330 g/mol. The van der Waals surface area contributed by atoms with Gasteiger partial charge in [0.25, 0.3) is 0 Å². The van der Waals surface area contributed by atoms with E-state index in [0.29, 0.717) is 5.75 Å². The number of hydrogen-bond acceptors (Lipinski definition) is 3. The Morgan fingerprint density at radius 1 is 1.35 bits per heavy atom. The first kappa shape index (κ1) is 15.7. The Bertz CT molecular complexity index is 439. The summed E-state index contributed by atoms with van der Waals surface area (Å²) >= 11 is 3.38. The number of nitrogens with zero attached hydrogens (tertiary/aromatic N) is 1. The lowest BCUT2D eigenvalue weighted by atomic mass is 10.00. The zero-order valence-electron chi connectivity index (χ0n) is 11.4. The van der Waals surface area contributed by atoms with Crippen molar-refractivity contribution in [3.8, 4) is 5.75 Å². The van der Waals surface area contributed by atoms with Crippen molar-refractivity contribution in [3.63, 3.8) is 0 Å².